The SMILES string of the molecule is CCOC(=O)c1cn(Cc2ccccc2)cc1Cc1ccc(/C=N\N)cc1.O=C(O)C(F)(F)F. The van der Waals surface area contributed by atoms with E-state index in [1.54, 1.807) is 6.21 Å². The highest BCUT2D eigenvalue weighted by atomic mass is 19.4. The molecule has 2 aromatic carbocycles. The minimum absolute atomic E-state index is 0.286. The third-order valence-corrected chi connectivity index (χ3v) is 4.51. The summed E-state index contributed by atoms with van der Waals surface area (Å²) in [5.74, 6) is 2.14. The first-order valence-electron chi connectivity index (χ1n) is 10.2. The summed E-state index contributed by atoms with van der Waals surface area (Å²) in [7, 11) is 0. The van der Waals surface area contributed by atoms with Crippen molar-refractivity contribution in [1.29, 1.82) is 0 Å². The lowest BCUT2D eigenvalue weighted by atomic mass is 10.0. The molecule has 10 heteroatoms. The van der Waals surface area contributed by atoms with Crippen LogP contribution in [0.1, 0.15) is 39.5 Å². The Morgan fingerprint density at radius 1 is 1.06 bits per heavy atom. The number of carbonyl (C=O) groups excluding carboxylic acids is 1. The fourth-order valence-electron chi connectivity index (χ4n) is 3.00. The van der Waals surface area contributed by atoms with Gasteiger partial charge in [0.05, 0.1) is 18.4 Å². The summed E-state index contributed by atoms with van der Waals surface area (Å²) < 4.78 is 39.0. The Labute approximate surface area is 194 Å². The Balaban J connectivity index is 0.000000509. The molecule has 0 fully saturated rings. The summed E-state index contributed by atoms with van der Waals surface area (Å²) in [6.07, 6.45) is 1.06. The summed E-state index contributed by atoms with van der Waals surface area (Å²) in [6, 6.07) is 18.1. The van der Waals surface area contributed by atoms with Gasteiger partial charge in [0.25, 0.3) is 0 Å². The maximum absolute atomic E-state index is 12.4. The first-order valence-corrected chi connectivity index (χ1v) is 10.2. The van der Waals surface area contributed by atoms with Crippen molar-refractivity contribution >= 4 is 18.2 Å². The molecule has 1 heterocycles. The van der Waals surface area contributed by atoms with Crippen LogP contribution in [-0.4, -0.2) is 40.6 Å². The molecule has 0 radical (unpaired) electrons. The molecular weight excluding hydrogens is 451 g/mol. The zero-order valence-electron chi connectivity index (χ0n) is 18.3. The number of carboxylic acid groups (broad SMARTS) is 1. The molecule has 7 nitrogen and oxygen atoms in total. The third-order valence-electron chi connectivity index (χ3n) is 4.51. The number of halogens is 3. The maximum Gasteiger partial charge on any atom is 0.490 e. The summed E-state index contributed by atoms with van der Waals surface area (Å²) in [5, 5.41) is 10.7. The lowest BCUT2D eigenvalue weighted by Crippen LogP contribution is -2.21. The molecular formula is C24H24F3N3O4. The Bertz CT molecular complexity index is 1110. The van der Waals surface area contributed by atoms with Crippen molar-refractivity contribution in [2.45, 2.75) is 26.1 Å². The predicted octanol–water partition coefficient (Wildman–Crippen LogP) is 4.23. The van der Waals surface area contributed by atoms with Crippen molar-refractivity contribution < 1.29 is 32.6 Å². The fourth-order valence-corrected chi connectivity index (χ4v) is 3.00. The highest BCUT2D eigenvalue weighted by Crippen LogP contribution is 2.19. The van der Waals surface area contributed by atoms with Gasteiger partial charge in [-0.2, -0.15) is 18.3 Å². The topological polar surface area (TPSA) is 107 Å². The molecule has 0 atom stereocenters. The maximum atomic E-state index is 12.4. The van der Waals surface area contributed by atoms with E-state index in [0.717, 1.165) is 16.7 Å². The molecule has 3 rings (SSSR count). The number of benzene rings is 2. The van der Waals surface area contributed by atoms with E-state index in [9.17, 15) is 18.0 Å². The van der Waals surface area contributed by atoms with Crippen LogP contribution in [0.25, 0.3) is 0 Å². The number of alkyl halides is 3. The zero-order valence-corrected chi connectivity index (χ0v) is 18.3. The first kappa shape index (κ1) is 26.2. The molecule has 0 aliphatic heterocycles. The van der Waals surface area contributed by atoms with Crippen molar-refractivity contribution in [3.63, 3.8) is 0 Å². The number of nitrogens with two attached hydrogens (primary N) is 1. The molecule has 0 saturated heterocycles. The molecule has 0 amide bonds. The molecule has 0 aliphatic rings. The smallest absolute Gasteiger partial charge is 0.475 e. The van der Waals surface area contributed by atoms with Crippen molar-refractivity contribution in [2.24, 2.45) is 10.9 Å². The molecule has 0 spiro atoms. The van der Waals surface area contributed by atoms with Crippen LogP contribution in [0.15, 0.2) is 72.1 Å². The minimum atomic E-state index is -5.08. The second-order valence-electron chi connectivity index (χ2n) is 7.07. The molecule has 3 N–H and O–H groups in total. The van der Waals surface area contributed by atoms with Gasteiger partial charge in [-0.3, -0.25) is 0 Å². The van der Waals surface area contributed by atoms with Crippen LogP contribution in [-0.2, 0) is 22.5 Å². The van der Waals surface area contributed by atoms with E-state index in [0.29, 0.717) is 25.1 Å². The third kappa shape index (κ3) is 8.12. The second-order valence-corrected chi connectivity index (χ2v) is 7.07. The summed E-state index contributed by atoms with van der Waals surface area (Å²) in [4.78, 5) is 21.3. The summed E-state index contributed by atoms with van der Waals surface area (Å²) in [6.45, 7) is 2.88. The van der Waals surface area contributed by atoms with Crippen LogP contribution < -0.4 is 5.84 Å². The lowest BCUT2D eigenvalue weighted by Gasteiger charge is -2.04. The highest BCUT2D eigenvalue weighted by Gasteiger charge is 2.38. The van der Waals surface area contributed by atoms with E-state index in [1.807, 2.05) is 66.3 Å². The van der Waals surface area contributed by atoms with Crippen LogP contribution in [0.5, 0.6) is 0 Å². The van der Waals surface area contributed by atoms with Crippen LogP contribution in [0.3, 0.4) is 0 Å². The number of aliphatic carboxylic acids is 1. The van der Waals surface area contributed by atoms with E-state index in [1.165, 1.54) is 5.56 Å². The van der Waals surface area contributed by atoms with Gasteiger partial charge in [0.15, 0.2) is 0 Å². The van der Waals surface area contributed by atoms with E-state index in [-0.39, 0.29) is 5.97 Å². The molecule has 1 aromatic heterocycles. The minimum Gasteiger partial charge on any atom is -0.475 e. The number of carbonyl (C=O) groups is 2. The molecule has 0 saturated carbocycles. The van der Waals surface area contributed by atoms with E-state index in [2.05, 4.69) is 17.2 Å². The fraction of sp³-hybridized carbons (Fsp3) is 0.208. The van der Waals surface area contributed by atoms with E-state index < -0.39 is 12.1 Å². The van der Waals surface area contributed by atoms with Crippen LogP contribution in [0.2, 0.25) is 0 Å². The lowest BCUT2D eigenvalue weighted by molar-refractivity contribution is -0.192. The van der Waals surface area contributed by atoms with E-state index >= 15 is 0 Å². The van der Waals surface area contributed by atoms with Crippen LogP contribution >= 0.6 is 0 Å². The van der Waals surface area contributed by atoms with Crippen LogP contribution in [0, 0.1) is 0 Å². The first-order chi connectivity index (χ1) is 16.1. The van der Waals surface area contributed by atoms with Gasteiger partial charge < -0.3 is 20.3 Å². The Morgan fingerprint density at radius 2 is 1.68 bits per heavy atom. The average molecular weight is 475 g/mol. The molecule has 0 aliphatic carbocycles. The number of carboxylic acids is 1. The van der Waals surface area contributed by atoms with Crippen molar-refractivity contribution in [2.75, 3.05) is 6.61 Å². The van der Waals surface area contributed by atoms with Gasteiger partial charge >= 0.3 is 18.1 Å². The number of hydrazone groups is 1. The van der Waals surface area contributed by atoms with Gasteiger partial charge in [0.2, 0.25) is 0 Å². The van der Waals surface area contributed by atoms with Crippen LogP contribution in [0.4, 0.5) is 13.2 Å². The van der Waals surface area contributed by atoms with Gasteiger partial charge in [-0.25, -0.2) is 9.59 Å². The summed E-state index contributed by atoms with van der Waals surface area (Å²) >= 11 is 0. The van der Waals surface area contributed by atoms with Gasteiger partial charge in [-0.05, 0) is 35.6 Å². The molecule has 3 aromatic rings. The number of hydrogen-bond acceptors (Lipinski definition) is 5. The highest BCUT2D eigenvalue weighted by molar-refractivity contribution is 5.91. The van der Waals surface area contributed by atoms with Crippen molar-refractivity contribution in [1.82, 2.24) is 4.57 Å². The number of nitrogens with zero attached hydrogens (tertiary/aromatic N) is 2. The number of aromatic nitrogens is 1. The Hall–Kier alpha value is -4.08. The molecule has 0 unspecified atom stereocenters. The Kier molecular flexibility index (Phi) is 9.42. The second kappa shape index (κ2) is 12.2. The quantitative estimate of drug-likeness (QED) is 0.230. The van der Waals surface area contributed by atoms with Gasteiger partial charge in [0, 0.05) is 18.9 Å². The van der Waals surface area contributed by atoms with Gasteiger partial charge in [0.1, 0.15) is 0 Å². The normalized spacial score (nSPS) is 11.1. The number of rotatable bonds is 7. The predicted molar refractivity (Wildman–Crippen MR) is 121 cm³/mol. The number of ether oxygens (including phenoxy) is 1. The monoisotopic (exact) mass is 475 g/mol. The largest absolute Gasteiger partial charge is 0.490 e. The molecule has 34 heavy (non-hydrogen) atoms. The molecule has 180 valence electrons. The van der Waals surface area contributed by atoms with Crippen molar-refractivity contribution in [3.05, 3.63) is 94.8 Å². The van der Waals surface area contributed by atoms with E-state index in [4.69, 9.17) is 20.5 Å². The van der Waals surface area contributed by atoms with Crippen molar-refractivity contribution in [3.8, 4) is 0 Å². The van der Waals surface area contributed by atoms with Gasteiger partial charge in [-0.1, -0.05) is 54.6 Å². The Morgan fingerprint density at radius 3 is 2.21 bits per heavy atom. The molecule has 0 bridgehead atoms. The summed E-state index contributed by atoms with van der Waals surface area (Å²) in [5.41, 5.74) is 4.78. The number of hydrogen-bond donors (Lipinski definition) is 2. The average Bonchev–Trinajstić information content (AvgIpc) is 3.18. The number of esters is 1. The zero-order chi connectivity index (χ0) is 25.1. The van der Waals surface area contributed by atoms with Gasteiger partial charge in [-0.15, -0.1) is 0 Å². The standard InChI is InChI=1S/C22H23N3O2.C2HF3O2/c1-2-27-22(26)21-16-25(14-19-6-4-3-5-7-19)15-20(21)12-17-8-10-18(11-9-17)13-24-23;3-2(4,5)1(6)7/h3-11,13,15-16H,2,12,14,23H2,1H3;(H,6,7)/b24-13-;.